The Morgan fingerprint density at radius 2 is 2.19 bits per heavy atom. The highest BCUT2D eigenvalue weighted by Gasteiger charge is 2.11. The van der Waals surface area contributed by atoms with Gasteiger partial charge in [0, 0.05) is 17.8 Å². The molecule has 0 saturated heterocycles. The number of hydrogen-bond donors (Lipinski definition) is 1. The van der Waals surface area contributed by atoms with Crippen LogP contribution in [0.2, 0.25) is 0 Å². The van der Waals surface area contributed by atoms with E-state index in [0.29, 0.717) is 5.92 Å². The first kappa shape index (κ1) is 11.5. The van der Waals surface area contributed by atoms with E-state index >= 15 is 0 Å². The van der Waals surface area contributed by atoms with Crippen LogP contribution in [0.4, 0.5) is 0 Å². The molecule has 2 aromatic rings. The fraction of sp³-hybridized carbons (Fsp3) is 0.500. The molecule has 3 nitrogen and oxygen atoms in total. The first-order valence-corrected chi connectivity index (χ1v) is 6.47. The van der Waals surface area contributed by atoms with E-state index in [1.807, 2.05) is 0 Å². The molecule has 0 amide bonds. The van der Waals surface area contributed by atoms with Crippen molar-refractivity contribution in [1.29, 1.82) is 0 Å². The molecule has 2 aromatic heterocycles. The zero-order chi connectivity index (χ0) is 11.5. The summed E-state index contributed by atoms with van der Waals surface area (Å²) in [5.74, 6) is 0.634. The highest BCUT2D eigenvalue weighted by atomic mass is 32.1. The molecule has 86 valence electrons. The number of aromatic nitrogens is 2. The average molecular weight is 235 g/mol. The summed E-state index contributed by atoms with van der Waals surface area (Å²) in [6, 6.07) is 2.27. The molecule has 2 N–H and O–H groups in total. The Morgan fingerprint density at radius 1 is 1.38 bits per heavy atom. The van der Waals surface area contributed by atoms with Gasteiger partial charge in [0.1, 0.15) is 11.2 Å². The molecule has 0 aromatic carbocycles. The van der Waals surface area contributed by atoms with Gasteiger partial charge in [0.05, 0.1) is 5.69 Å². The van der Waals surface area contributed by atoms with Crippen molar-refractivity contribution in [3.63, 3.8) is 0 Å². The van der Waals surface area contributed by atoms with Gasteiger partial charge in [-0.1, -0.05) is 13.8 Å². The van der Waals surface area contributed by atoms with Crippen LogP contribution in [0.3, 0.4) is 0 Å². The van der Waals surface area contributed by atoms with Crippen molar-refractivity contribution in [3.05, 3.63) is 23.5 Å². The van der Waals surface area contributed by atoms with Crippen molar-refractivity contribution in [2.75, 3.05) is 0 Å². The fourth-order valence-electron chi connectivity index (χ4n) is 1.94. The van der Waals surface area contributed by atoms with Gasteiger partial charge in [-0.05, 0) is 23.8 Å². The Kier molecular flexibility index (Phi) is 3.51. The van der Waals surface area contributed by atoms with Crippen LogP contribution >= 0.6 is 11.3 Å². The van der Waals surface area contributed by atoms with E-state index in [9.17, 15) is 0 Å². The highest BCUT2D eigenvalue weighted by Crippen LogP contribution is 2.21. The van der Waals surface area contributed by atoms with Crippen LogP contribution in [0.25, 0.3) is 10.2 Å². The molecule has 0 aliphatic heterocycles. The zero-order valence-corrected chi connectivity index (χ0v) is 10.5. The summed E-state index contributed by atoms with van der Waals surface area (Å²) in [5, 5.41) is 3.21. The predicted molar refractivity (Wildman–Crippen MR) is 68.5 cm³/mol. The Labute approximate surface area is 99.7 Å². The Bertz CT molecular complexity index is 464. The second-order valence-electron chi connectivity index (χ2n) is 4.55. The molecule has 0 aliphatic carbocycles. The molecule has 2 heterocycles. The van der Waals surface area contributed by atoms with Crippen molar-refractivity contribution in [3.8, 4) is 0 Å². The van der Waals surface area contributed by atoms with Gasteiger partial charge in [-0.2, -0.15) is 0 Å². The van der Waals surface area contributed by atoms with Gasteiger partial charge in [-0.25, -0.2) is 9.97 Å². The minimum absolute atomic E-state index is 0.193. The minimum Gasteiger partial charge on any atom is -0.327 e. The summed E-state index contributed by atoms with van der Waals surface area (Å²) < 4.78 is 0. The van der Waals surface area contributed by atoms with E-state index in [1.165, 1.54) is 0 Å². The molecule has 2 rings (SSSR count). The standard InChI is InChI=1S/C12H17N3S/c1-8(2)5-9(13)6-11-10-3-4-16-12(10)15-7-14-11/h3-4,7-9H,5-6,13H2,1-2H3. The van der Waals surface area contributed by atoms with Gasteiger partial charge in [0.2, 0.25) is 0 Å². The third-order valence-electron chi connectivity index (χ3n) is 2.57. The Balaban J connectivity index is 2.17. The van der Waals surface area contributed by atoms with E-state index < -0.39 is 0 Å². The second-order valence-corrected chi connectivity index (χ2v) is 5.45. The van der Waals surface area contributed by atoms with E-state index in [-0.39, 0.29) is 6.04 Å². The van der Waals surface area contributed by atoms with Gasteiger partial charge in [-0.15, -0.1) is 11.3 Å². The summed E-state index contributed by atoms with van der Waals surface area (Å²) >= 11 is 1.65. The summed E-state index contributed by atoms with van der Waals surface area (Å²) in [4.78, 5) is 9.64. The molecule has 0 aliphatic rings. The van der Waals surface area contributed by atoms with Gasteiger partial charge >= 0.3 is 0 Å². The number of thiophene rings is 1. The SMILES string of the molecule is CC(C)CC(N)Cc1ncnc2sccc12. The summed E-state index contributed by atoms with van der Waals surface area (Å²) in [7, 11) is 0. The largest absolute Gasteiger partial charge is 0.327 e. The molecule has 1 atom stereocenters. The van der Waals surface area contributed by atoms with Crippen LogP contribution < -0.4 is 5.73 Å². The third kappa shape index (κ3) is 2.57. The Hall–Kier alpha value is -1.00. The smallest absolute Gasteiger partial charge is 0.126 e. The molecule has 0 spiro atoms. The molecule has 4 heteroatoms. The van der Waals surface area contributed by atoms with Gasteiger partial charge in [-0.3, -0.25) is 0 Å². The fourth-order valence-corrected chi connectivity index (χ4v) is 2.70. The van der Waals surface area contributed by atoms with E-state index in [2.05, 4.69) is 35.3 Å². The number of fused-ring (bicyclic) bond motifs is 1. The average Bonchev–Trinajstić information content (AvgIpc) is 2.65. The van der Waals surface area contributed by atoms with Crippen LogP contribution in [0, 0.1) is 5.92 Å². The number of nitrogens with two attached hydrogens (primary N) is 1. The van der Waals surface area contributed by atoms with Crippen molar-refractivity contribution in [1.82, 2.24) is 9.97 Å². The van der Waals surface area contributed by atoms with E-state index in [1.54, 1.807) is 17.7 Å². The molecule has 0 fully saturated rings. The lowest BCUT2D eigenvalue weighted by molar-refractivity contribution is 0.491. The first-order chi connectivity index (χ1) is 7.66. The van der Waals surface area contributed by atoms with Crippen LogP contribution in [0.1, 0.15) is 26.0 Å². The van der Waals surface area contributed by atoms with Gasteiger partial charge < -0.3 is 5.73 Å². The maximum absolute atomic E-state index is 6.11. The predicted octanol–water partition coefficient (Wildman–Crippen LogP) is 2.61. The lowest BCUT2D eigenvalue weighted by Crippen LogP contribution is -2.25. The lowest BCUT2D eigenvalue weighted by Gasteiger charge is -2.13. The first-order valence-electron chi connectivity index (χ1n) is 5.59. The number of hydrogen-bond acceptors (Lipinski definition) is 4. The van der Waals surface area contributed by atoms with Crippen molar-refractivity contribution >= 4 is 21.6 Å². The quantitative estimate of drug-likeness (QED) is 0.886. The number of nitrogens with zero attached hydrogens (tertiary/aromatic N) is 2. The maximum Gasteiger partial charge on any atom is 0.126 e. The molecule has 0 bridgehead atoms. The summed E-state index contributed by atoms with van der Waals surface area (Å²) in [6.45, 7) is 4.39. The monoisotopic (exact) mass is 235 g/mol. The van der Waals surface area contributed by atoms with E-state index in [0.717, 1.165) is 28.8 Å². The molecule has 1 unspecified atom stereocenters. The van der Waals surface area contributed by atoms with Crippen LogP contribution in [0.15, 0.2) is 17.8 Å². The van der Waals surface area contributed by atoms with Crippen molar-refractivity contribution < 1.29 is 0 Å². The molecular weight excluding hydrogens is 218 g/mol. The molecule has 0 radical (unpaired) electrons. The van der Waals surface area contributed by atoms with Crippen molar-refractivity contribution in [2.24, 2.45) is 11.7 Å². The van der Waals surface area contributed by atoms with Crippen LogP contribution in [0.5, 0.6) is 0 Å². The Morgan fingerprint density at radius 3 is 2.94 bits per heavy atom. The summed E-state index contributed by atoms with van der Waals surface area (Å²) in [5.41, 5.74) is 7.19. The third-order valence-corrected chi connectivity index (χ3v) is 3.39. The minimum atomic E-state index is 0.193. The zero-order valence-electron chi connectivity index (χ0n) is 9.68. The molecular formula is C12H17N3S. The highest BCUT2D eigenvalue weighted by molar-refractivity contribution is 7.16. The summed E-state index contributed by atoms with van der Waals surface area (Å²) in [6.07, 6.45) is 3.51. The maximum atomic E-state index is 6.11. The van der Waals surface area contributed by atoms with Crippen LogP contribution in [-0.2, 0) is 6.42 Å². The topological polar surface area (TPSA) is 51.8 Å². The van der Waals surface area contributed by atoms with Gasteiger partial charge in [0.15, 0.2) is 0 Å². The number of rotatable bonds is 4. The van der Waals surface area contributed by atoms with Crippen molar-refractivity contribution in [2.45, 2.75) is 32.7 Å². The molecule has 0 saturated carbocycles. The molecule has 16 heavy (non-hydrogen) atoms. The van der Waals surface area contributed by atoms with Crippen LogP contribution in [-0.4, -0.2) is 16.0 Å². The van der Waals surface area contributed by atoms with Gasteiger partial charge in [0.25, 0.3) is 0 Å². The normalized spacial score (nSPS) is 13.5. The lowest BCUT2D eigenvalue weighted by atomic mass is 10.00. The van der Waals surface area contributed by atoms with E-state index in [4.69, 9.17) is 5.73 Å². The second kappa shape index (κ2) is 4.89.